The van der Waals surface area contributed by atoms with E-state index < -0.39 is 0 Å². The molecule has 0 bridgehead atoms. The molecule has 3 heteroatoms. The molecule has 0 N–H and O–H groups in total. The van der Waals surface area contributed by atoms with Crippen molar-refractivity contribution in [3.8, 4) is 0 Å². The van der Waals surface area contributed by atoms with E-state index in [1.165, 1.54) is 22.3 Å². The zero-order valence-corrected chi connectivity index (χ0v) is 29.0. The van der Waals surface area contributed by atoms with Crippen molar-refractivity contribution in [2.24, 2.45) is 32.7 Å². The van der Waals surface area contributed by atoms with E-state index in [-0.39, 0.29) is 43.7 Å². The Morgan fingerprint density at radius 3 is 1.33 bits per heavy atom. The maximum Gasteiger partial charge on any atom is 2.00 e. The Morgan fingerprint density at radius 1 is 0.533 bits per heavy atom. The largest absolute Gasteiger partial charge is 2.00 e. The molecule has 2 nitrogen and oxygen atoms in total. The van der Waals surface area contributed by atoms with Crippen LogP contribution < -0.4 is 0 Å². The minimum absolute atomic E-state index is 0. The molecule has 2 unspecified atom stereocenters. The number of benzene rings is 4. The van der Waals surface area contributed by atoms with E-state index in [1.807, 2.05) is 24.3 Å². The Kier molecular flexibility index (Phi) is 8.17. The molecule has 2 atom stereocenters. The molecule has 0 fully saturated rings. The van der Waals surface area contributed by atoms with Gasteiger partial charge in [-0.15, -0.1) is 70.1 Å². The zero-order chi connectivity index (χ0) is 30.6. The molecular weight excluding hydrogens is 728 g/mol. The second-order valence-electron chi connectivity index (χ2n) is 14.1. The number of fused-ring (bicyclic) bond motifs is 4. The van der Waals surface area contributed by atoms with E-state index >= 15 is 0 Å². The number of aliphatic imine (C=N–C) groups is 2. The van der Waals surface area contributed by atoms with Gasteiger partial charge < -0.3 is 0 Å². The maximum atomic E-state index is 5.56. The fourth-order valence-electron chi connectivity index (χ4n) is 6.51. The third kappa shape index (κ3) is 5.82. The van der Waals surface area contributed by atoms with Crippen molar-refractivity contribution in [2.45, 2.75) is 41.5 Å². The maximum absolute atomic E-state index is 5.56. The van der Waals surface area contributed by atoms with Crippen molar-refractivity contribution >= 4 is 44.3 Å². The Hall–Kier alpha value is -3.87. The third-order valence-electron chi connectivity index (χ3n) is 9.00. The molecule has 3 aliphatic carbocycles. The first kappa shape index (κ1) is 31.1. The van der Waals surface area contributed by atoms with Crippen LogP contribution in [-0.2, 0) is 21.1 Å². The fraction of sp³-hybridized carbons (Fsp3) is 0.238. The first-order chi connectivity index (χ1) is 21.1. The molecule has 0 heterocycles. The van der Waals surface area contributed by atoms with Crippen molar-refractivity contribution in [2.75, 3.05) is 0 Å². The molecule has 45 heavy (non-hydrogen) atoms. The molecule has 0 saturated heterocycles. The Labute approximate surface area is 282 Å². The van der Waals surface area contributed by atoms with Gasteiger partial charge in [0.15, 0.2) is 0 Å². The van der Waals surface area contributed by atoms with Crippen LogP contribution in [0, 0.1) is 34.8 Å². The normalized spacial score (nSPS) is 21.5. The summed E-state index contributed by atoms with van der Waals surface area (Å²) in [6, 6.07) is 31.9. The first-order valence-electron chi connectivity index (χ1n) is 15.6. The number of nitrogens with zero attached hydrogens (tertiary/aromatic N) is 2. The van der Waals surface area contributed by atoms with Crippen LogP contribution in [0.3, 0.4) is 0 Å². The number of allylic oxidation sites excluding steroid dienone is 10. The minimum Gasteiger partial charge on any atom is -0.298 e. The third-order valence-corrected chi connectivity index (χ3v) is 9.00. The van der Waals surface area contributed by atoms with Crippen LogP contribution >= 0.6 is 0 Å². The average Bonchev–Trinajstić information content (AvgIpc) is 3.01. The van der Waals surface area contributed by atoms with Gasteiger partial charge in [0.2, 0.25) is 0 Å². The summed E-state index contributed by atoms with van der Waals surface area (Å²) in [5, 5.41) is 4.32. The smallest absolute Gasteiger partial charge is 0.298 e. The van der Waals surface area contributed by atoms with Gasteiger partial charge in [-0.1, -0.05) is 114 Å². The number of rotatable bonds is 2. The van der Waals surface area contributed by atoms with Crippen LogP contribution in [0.5, 0.6) is 0 Å². The van der Waals surface area contributed by atoms with Gasteiger partial charge >= 0.3 is 21.1 Å². The molecule has 0 amide bonds. The Morgan fingerprint density at radius 2 is 0.933 bits per heavy atom. The average molecular weight is 766 g/mol. The van der Waals surface area contributed by atoms with Crippen molar-refractivity contribution in [1.82, 2.24) is 0 Å². The summed E-state index contributed by atoms with van der Waals surface area (Å²) in [5.41, 5.74) is 9.07. The van der Waals surface area contributed by atoms with Gasteiger partial charge in [0.25, 0.3) is 0 Å². The van der Waals surface area contributed by atoms with E-state index in [4.69, 9.17) is 9.98 Å². The summed E-state index contributed by atoms with van der Waals surface area (Å²) in [4.78, 5) is 11.1. The Balaban J connectivity index is 0.00000357. The van der Waals surface area contributed by atoms with Crippen LogP contribution in [0.1, 0.15) is 41.5 Å². The topological polar surface area (TPSA) is 24.7 Å². The minimum atomic E-state index is -0.0219. The second kappa shape index (κ2) is 11.8. The van der Waals surface area contributed by atoms with Gasteiger partial charge in [0, 0.05) is 11.8 Å². The number of hydrogen-bond donors (Lipinski definition) is 0. The van der Waals surface area contributed by atoms with E-state index in [1.54, 1.807) is 0 Å². The fourth-order valence-corrected chi connectivity index (χ4v) is 6.51. The van der Waals surface area contributed by atoms with Gasteiger partial charge in [-0.2, -0.15) is 0 Å². The van der Waals surface area contributed by atoms with Gasteiger partial charge in [-0.25, -0.2) is 0 Å². The molecule has 0 aliphatic heterocycles. The van der Waals surface area contributed by atoms with Gasteiger partial charge in [0.1, 0.15) is 0 Å². The molecule has 0 saturated carbocycles. The standard InChI is InChI=1S/C42H38N2.Pt/c1-41(2,3)29-21-23-33-34-24-22-30(42(4,5)6)26-36(34)40(44-38-20-12-16-28-14-8-10-18-32(28)38)39(35(33)25-29)43-37-19-11-15-27-13-7-9-17-31(27)37;/h7-16,19-26,35-36H,1-6H3;/q-2;+2. The van der Waals surface area contributed by atoms with Crippen LogP contribution in [0.2, 0.25) is 0 Å². The second-order valence-corrected chi connectivity index (χ2v) is 14.1. The molecule has 0 spiro atoms. The molecule has 7 rings (SSSR count). The van der Waals surface area contributed by atoms with Gasteiger partial charge in [-0.05, 0) is 44.5 Å². The summed E-state index contributed by atoms with van der Waals surface area (Å²) in [6.07, 6.45) is 14.1. The van der Waals surface area contributed by atoms with Gasteiger partial charge in [0.05, 0.1) is 11.4 Å². The molecule has 0 aromatic heterocycles. The van der Waals surface area contributed by atoms with Gasteiger partial charge in [-0.3, -0.25) is 9.98 Å². The van der Waals surface area contributed by atoms with Crippen molar-refractivity contribution in [1.29, 1.82) is 0 Å². The van der Waals surface area contributed by atoms with Crippen LogP contribution in [0.4, 0.5) is 11.4 Å². The molecule has 0 radical (unpaired) electrons. The van der Waals surface area contributed by atoms with E-state index in [2.05, 4.69) is 139 Å². The molecular formula is C42H38N2Pt. The zero-order valence-electron chi connectivity index (χ0n) is 26.8. The SMILES string of the molecule is CC(C)(C)C1=CC2C(=Nc3cccc4ccc[c-]c34)C(=Nc3cccc4ccc[c-]c34)C3C=C(C(C)(C)C)C=CC3=C2C=C1.[Pt+2]. The molecule has 4 aromatic rings. The summed E-state index contributed by atoms with van der Waals surface area (Å²) < 4.78 is 0. The van der Waals surface area contributed by atoms with Crippen LogP contribution in [-0.4, -0.2) is 11.4 Å². The summed E-state index contributed by atoms with van der Waals surface area (Å²) in [6.45, 7) is 13.7. The quantitative estimate of drug-likeness (QED) is 0.182. The summed E-state index contributed by atoms with van der Waals surface area (Å²) in [5.74, 6) is -0.0437. The number of hydrogen-bond acceptors (Lipinski definition) is 2. The van der Waals surface area contributed by atoms with Crippen LogP contribution in [0.15, 0.2) is 142 Å². The molecule has 3 aliphatic rings. The van der Waals surface area contributed by atoms with E-state index in [0.29, 0.717) is 0 Å². The molecule has 226 valence electrons. The van der Waals surface area contributed by atoms with Crippen molar-refractivity contribution < 1.29 is 21.1 Å². The Bertz CT molecular complexity index is 1870. The van der Waals surface area contributed by atoms with Crippen LogP contribution in [0.25, 0.3) is 21.5 Å². The molecule has 4 aromatic carbocycles. The van der Waals surface area contributed by atoms with Crippen molar-refractivity contribution in [3.63, 3.8) is 0 Å². The predicted octanol–water partition coefficient (Wildman–Crippen LogP) is 11.1. The van der Waals surface area contributed by atoms with E-state index in [9.17, 15) is 0 Å². The van der Waals surface area contributed by atoms with Crippen molar-refractivity contribution in [3.05, 3.63) is 144 Å². The monoisotopic (exact) mass is 765 g/mol. The predicted molar refractivity (Wildman–Crippen MR) is 187 cm³/mol. The summed E-state index contributed by atoms with van der Waals surface area (Å²) in [7, 11) is 0. The summed E-state index contributed by atoms with van der Waals surface area (Å²) >= 11 is 0. The first-order valence-corrected chi connectivity index (χ1v) is 15.6. The van der Waals surface area contributed by atoms with E-state index in [0.717, 1.165) is 44.3 Å².